The van der Waals surface area contributed by atoms with Crippen molar-refractivity contribution in [2.24, 2.45) is 7.05 Å². The molecule has 1 aliphatic heterocycles. The van der Waals surface area contributed by atoms with E-state index in [0.717, 1.165) is 0 Å². The number of nitrogens with two attached hydrogens (primary N) is 1. The molecule has 0 spiro atoms. The van der Waals surface area contributed by atoms with E-state index < -0.39 is 15.4 Å². The maximum atomic E-state index is 12.2. The van der Waals surface area contributed by atoms with Crippen molar-refractivity contribution in [3.8, 4) is 0 Å². The number of amides is 1. The van der Waals surface area contributed by atoms with Crippen molar-refractivity contribution in [2.45, 2.75) is 25.8 Å². The summed E-state index contributed by atoms with van der Waals surface area (Å²) >= 11 is 0. The lowest BCUT2D eigenvalue weighted by Gasteiger charge is -2.23. The van der Waals surface area contributed by atoms with Crippen molar-refractivity contribution >= 4 is 21.4 Å². The second kappa shape index (κ2) is 4.22. The lowest BCUT2D eigenvalue weighted by Crippen LogP contribution is -2.47. The molecule has 2 rings (SSSR count). The van der Waals surface area contributed by atoms with Crippen LogP contribution in [0.5, 0.6) is 0 Å². The van der Waals surface area contributed by atoms with Crippen molar-refractivity contribution in [3.63, 3.8) is 0 Å². The maximum Gasteiger partial charge on any atom is 0.272 e. The molecule has 3 N–H and O–H groups in total. The molecule has 1 unspecified atom stereocenters. The van der Waals surface area contributed by atoms with Crippen molar-refractivity contribution in [2.75, 3.05) is 17.2 Å². The number of carbonyl (C=O) groups excluding carboxylic acids is 1. The summed E-state index contributed by atoms with van der Waals surface area (Å²) in [5, 5.41) is 6.83. The van der Waals surface area contributed by atoms with Crippen molar-refractivity contribution in [3.05, 3.63) is 11.4 Å². The Balaban J connectivity index is 2.23. The van der Waals surface area contributed by atoms with Crippen molar-refractivity contribution in [1.29, 1.82) is 0 Å². The highest BCUT2D eigenvalue weighted by molar-refractivity contribution is 7.91. The summed E-state index contributed by atoms with van der Waals surface area (Å²) in [5.74, 6) is -0.327. The second-order valence-electron chi connectivity index (χ2n) is 5.33. The number of sulfone groups is 1. The zero-order chi connectivity index (χ0) is 14.4. The average Bonchev–Trinajstić information content (AvgIpc) is 2.65. The molecule has 1 aliphatic rings. The second-order valence-corrected chi connectivity index (χ2v) is 7.51. The van der Waals surface area contributed by atoms with Gasteiger partial charge in [0, 0.05) is 7.05 Å². The van der Waals surface area contributed by atoms with Gasteiger partial charge in [-0.05, 0) is 20.3 Å². The van der Waals surface area contributed by atoms with E-state index >= 15 is 0 Å². The first-order chi connectivity index (χ1) is 8.64. The van der Waals surface area contributed by atoms with E-state index in [2.05, 4.69) is 10.4 Å². The Morgan fingerprint density at radius 3 is 2.58 bits per heavy atom. The van der Waals surface area contributed by atoms with Gasteiger partial charge in [-0.3, -0.25) is 9.48 Å². The Bertz CT molecular complexity index is 635. The summed E-state index contributed by atoms with van der Waals surface area (Å²) < 4.78 is 24.4. The molecule has 0 saturated carbocycles. The fourth-order valence-electron chi connectivity index (χ4n) is 2.39. The van der Waals surface area contributed by atoms with Gasteiger partial charge in [-0.2, -0.15) is 5.10 Å². The molecule has 7 nitrogen and oxygen atoms in total. The van der Waals surface area contributed by atoms with Crippen LogP contribution in [-0.2, 0) is 16.9 Å². The Morgan fingerprint density at radius 1 is 1.53 bits per heavy atom. The summed E-state index contributed by atoms with van der Waals surface area (Å²) in [6.07, 6.45) is 0.414. The summed E-state index contributed by atoms with van der Waals surface area (Å²) in [4.78, 5) is 12.2. The van der Waals surface area contributed by atoms with Crippen LogP contribution in [0.2, 0.25) is 0 Å². The molecule has 0 aromatic carbocycles. The van der Waals surface area contributed by atoms with Crippen LogP contribution in [0.4, 0.5) is 5.69 Å². The molecule has 1 amide bonds. The molecule has 19 heavy (non-hydrogen) atoms. The zero-order valence-electron chi connectivity index (χ0n) is 11.2. The van der Waals surface area contributed by atoms with E-state index in [-0.39, 0.29) is 23.1 Å². The summed E-state index contributed by atoms with van der Waals surface area (Å²) in [7, 11) is -1.43. The molecule has 1 atom stereocenters. The van der Waals surface area contributed by atoms with Crippen LogP contribution in [0, 0.1) is 6.92 Å². The smallest absolute Gasteiger partial charge is 0.272 e. The first kappa shape index (κ1) is 13.9. The molecule has 2 heterocycles. The molecule has 0 aliphatic carbocycles. The number of hydrogen-bond donors (Lipinski definition) is 2. The third-order valence-corrected chi connectivity index (χ3v) is 5.31. The lowest BCUT2D eigenvalue weighted by atomic mass is 10.0. The predicted octanol–water partition coefficient (Wildman–Crippen LogP) is -0.382. The number of aromatic nitrogens is 2. The molecule has 1 aromatic heterocycles. The van der Waals surface area contributed by atoms with Gasteiger partial charge >= 0.3 is 0 Å². The average molecular weight is 286 g/mol. The number of carbonyl (C=O) groups is 1. The minimum Gasteiger partial charge on any atom is -0.395 e. The van der Waals surface area contributed by atoms with Crippen LogP contribution in [0.25, 0.3) is 0 Å². The van der Waals surface area contributed by atoms with Gasteiger partial charge in [-0.25, -0.2) is 8.42 Å². The van der Waals surface area contributed by atoms with Crippen LogP contribution in [-0.4, -0.2) is 41.2 Å². The number of nitrogen functional groups attached to an aromatic ring is 1. The largest absolute Gasteiger partial charge is 0.395 e. The van der Waals surface area contributed by atoms with E-state index in [0.29, 0.717) is 17.8 Å². The number of hydrogen-bond acceptors (Lipinski definition) is 5. The van der Waals surface area contributed by atoms with Crippen LogP contribution in [0.3, 0.4) is 0 Å². The highest BCUT2D eigenvalue weighted by Crippen LogP contribution is 2.24. The molecule has 1 saturated heterocycles. The van der Waals surface area contributed by atoms with Gasteiger partial charge in [-0.1, -0.05) is 0 Å². The van der Waals surface area contributed by atoms with Gasteiger partial charge in [0.05, 0.1) is 28.4 Å². The van der Waals surface area contributed by atoms with Gasteiger partial charge in [0.15, 0.2) is 9.84 Å². The van der Waals surface area contributed by atoms with Gasteiger partial charge in [0.1, 0.15) is 5.69 Å². The predicted molar refractivity (Wildman–Crippen MR) is 71.5 cm³/mol. The van der Waals surface area contributed by atoms with Crippen LogP contribution in [0.1, 0.15) is 29.5 Å². The third kappa shape index (κ3) is 2.58. The highest BCUT2D eigenvalue weighted by atomic mass is 32.2. The first-order valence-corrected chi connectivity index (χ1v) is 7.78. The van der Waals surface area contributed by atoms with Gasteiger partial charge in [-0.15, -0.1) is 0 Å². The summed E-state index contributed by atoms with van der Waals surface area (Å²) in [6.45, 7) is 3.45. The topological polar surface area (TPSA) is 107 Å². The van der Waals surface area contributed by atoms with Crippen LogP contribution >= 0.6 is 0 Å². The van der Waals surface area contributed by atoms with E-state index in [1.54, 1.807) is 20.9 Å². The summed E-state index contributed by atoms with van der Waals surface area (Å²) in [6, 6.07) is 0. The Kier molecular flexibility index (Phi) is 3.08. The number of nitrogens with zero attached hydrogens (tertiary/aromatic N) is 2. The fraction of sp³-hybridized carbons (Fsp3) is 0.636. The normalized spacial score (nSPS) is 25.4. The third-order valence-electron chi connectivity index (χ3n) is 3.40. The number of anilines is 1. The molecule has 1 fully saturated rings. The SMILES string of the molecule is Cc1nn(C)c(C(=O)NC2(C)CCS(=O)(=O)C2)c1N. The minimum atomic E-state index is -3.07. The van der Waals surface area contributed by atoms with E-state index in [1.165, 1.54) is 4.68 Å². The van der Waals surface area contributed by atoms with Gasteiger partial charge < -0.3 is 11.1 Å². The van der Waals surface area contributed by atoms with E-state index in [4.69, 9.17) is 5.73 Å². The quantitative estimate of drug-likeness (QED) is 0.770. The molecule has 1 aromatic rings. The molecule has 0 bridgehead atoms. The maximum absolute atomic E-state index is 12.2. The van der Waals surface area contributed by atoms with E-state index in [1.807, 2.05) is 0 Å². The zero-order valence-corrected chi connectivity index (χ0v) is 12.0. The highest BCUT2D eigenvalue weighted by Gasteiger charge is 2.40. The monoisotopic (exact) mass is 286 g/mol. The number of aryl methyl sites for hydroxylation is 2. The Morgan fingerprint density at radius 2 is 2.16 bits per heavy atom. The lowest BCUT2D eigenvalue weighted by molar-refractivity contribution is 0.0906. The standard InChI is InChI=1S/C11H18N4O3S/c1-7-8(12)9(15(3)14-7)10(16)13-11(2)4-5-19(17,18)6-11/h4-6,12H2,1-3H3,(H,13,16). The first-order valence-electron chi connectivity index (χ1n) is 5.96. The van der Waals surface area contributed by atoms with E-state index in [9.17, 15) is 13.2 Å². The molecule has 8 heteroatoms. The molecular formula is C11H18N4O3S. The molecular weight excluding hydrogens is 268 g/mol. The van der Waals surface area contributed by atoms with Crippen LogP contribution < -0.4 is 11.1 Å². The molecule has 0 radical (unpaired) electrons. The van der Waals surface area contributed by atoms with Crippen LogP contribution in [0.15, 0.2) is 0 Å². The van der Waals surface area contributed by atoms with Crippen molar-refractivity contribution < 1.29 is 13.2 Å². The Hall–Kier alpha value is -1.57. The fourth-order valence-corrected chi connectivity index (χ4v) is 4.48. The summed E-state index contributed by atoms with van der Waals surface area (Å²) in [5.41, 5.74) is 6.25. The minimum absolute atomic E-state index is 0.0392. The Labute approximate surface area is 112 Å². The number of nitrogens with one attached hydrogen (secondary N) is 1. The van der Waals surface area contributed by atoms with Gasteiger partial charge in [0.25, 0.3) is 5.91 Å². The molecule has 106 valence electrons. The number of rotatable bonds is 2. The van der Waals surface area contributed by atoms with Crippen molar-refractivity contribution in [1.82, 2.24) is 15.1 Å². The van der Waals surface area contributed by atoms with Gasteiger partial charge in [0.2, 0.25) is 0 Å².